The van der Waals surface area contributed by atoms with Gasteiger partial charge < -0.3 is 14.6 Å². The zero-order chi connectivity index (χ0) is 10.5. The van der Waals surface area contributed by atoms with Crippen LogP contribution >= 0.6 is 7.37 Å². The van der Waals surface area contributed by atoms with Crippen molar-refractivity contribution in [1.82, 2.24) is 0 Å². The molecule has 2 unspecified atom stereocenters. The lowest BCUT2D eigenvalue weighted by Crippen LogP contribution is -2.23. The van der Waals surface area contributed by atoms with E-state index in [9.17, 15) is 9.46 Å². The van der Waals surface area contributed by atoms with Gasteiger partial charge in [-0.3, -0.25) is 4.57 Å². The predicted octanol–water partition coefficient (Wildman–Crippen LogP) is -0.186. The summed E-state index contributed by atoms with van der Waals surface area (Å²) in [6.07, 6.45) is -0.865. The van der Waals surface area contributed by atoms with Gasteiger partial charge >= 0.3 is 0 Å². The predicted molar refractivity (Wildman–Crippen MR) is 49.0 cm³/mol. The molecule has 0 heterocycles. The Labute approximate surface area is 77.5 Å². The Kier molecular flexibility index (Phi) is 5.71. The molecule has 0 saturated carbocycles. The molecule has 0 aromatic rings. The SMILES string of the molecule is CC(CP(=O)(O)CC(C)ON)ON. The molecule has 0 amide bonds. The highest BCUT2D eigenvalue weighted by atomic mass is 31.2. The van der Waals surface area contributed by atoms with Gasteiger partial charge in [-0.25, -0.2) is 11.8 Å². The second-order valence-corrected chi connectivity index (χ2v) is 5.53. The third kappa shape index (κ3) is 6.15. The first-order chi connectivity index (χ1) is 5.91. The summed E-state index contributed by atoms with van der Waals surface area (Å²) in [5.41, 5.74) is 0. The Morgan fingerprint density at radius 1 is 1.23 bits per heavy atom. The van der Waals surface area contributed by atoms with E-state index in [1.165, 1.54) is 0 Å². The third-order valence-corrected chi connectivity index (χ3v) is 3.72. The van der Waals surface area contributed by atoms with E-state index in [0.717, 1.165) is 0 Å². The molecule has 0 aliphatic heterocycles. The molecule has 6 nitrogen and oxygen atoms in total. The van der Waals surface area contributed by atoms with Gasteiger partial charge in [0.25, 0.3) is 0 Å². The topological polar surface area (TPSA) is 108 Å². The van der Waals surface area contributed by atoms with Gasteiger partial charge in [0.05, 0.1) is 24.5 Å². The summed E-state index contributed by atoms with van der Waals surface area (Å²) < 4.78 is 11.4. The molecule has 7 heteroatoms. The van der Waals surface area contributed by atoms with Crippen LogP contribution < -0.4 is 11.8 Å². The van der Waals surface area contributed by atoms with Gasteiger partial charge in [0.15, 0.2) is 0 Å². The van der Waals surface area contributed by atoms with Crippen LogP contribution in [0.4, 0.5) is 0 Å². The normalized spacial score (nSPS) is 20.7. The van der Waals surface area contributed by atoms with Crippen molar-refractivity contribution in [2.75, 3.05) is 12.3 Å². The molecule has 0 radical (unpaired) electrons. The molecule has 0 aromatic heterocycles. The highest BCUT2D eigenvalue weighted by molar-refractivity contribution is 7.58. The Morgan fingerprint density at radius 2 is 1.54 bits per heavy atom. The van der Waals surface area contributed by atoms with Crippen molar-refractivity contribution in [2.45, 2.75) is 26.1 Å². The highest BCUT2D eigenvalue weighted by Gasteiger charge is 2.24. The number of hydrogen-bond donors (Lipinski definition) is 3. The van der Waals surface area contributed by atoms with E-state index in [0.29, 0.717) is 0 Å². The Morgan fingerprint density at radius 3 is 1.77 bits per heavy atom. The van der Waals surface area contributed by atoms with Crippen molar-refractivity contribution in [3.8, 4) is 0 Å². The lowest BCUT2D eigenvalue weighted by molar-refractivity contribution is 0.0743. The molecule has 0 aliphatic carbocycles. The van der Waals surface area contributed by atoms with E-state index in [-0.39, 0.29) is 12.3 Å². The van der Waals surface area contributed by atoms with Crippen molar-refractivity contribution in [3.05, 3.63) is 0 Å². The van der Waals surface area contributed by atoms with E-state index in [4.69, 9.17) is 11.8 Å². The molecule has 0 aliphatic rings. The minimum Gasteiger partial charge on any atom is -0.344 e. The Hall–Kier alpha value is 0.0300. The fraction of sp³-hybridized carbons (Fsp3) is 1.00. The van der Waals surface area contributed by atoms with Gasteiger partial charge in [0, 0.05) is 0 Å². The lowest BCUT2D eigenvalue weighted by atomic mass is 10.5. The van der Waals surface area contributed by atoms with Crippen LogP contribution in [-0.2, 0) is 14.2 Å². The van der Waals surface area contributed by atoms with Crippen molar-refractivity contribution in [2.24, 2.45) is 11.8 Å². The highest BCUT2D eigenvalue weighted by Crippen LogP contribution is 2.42. The van der Waals surface area contributed by atoms with Crippen LogP contribution in [0.5, 0.6) is 0 Å². The average Bonchev–Trinajstić information content (AvgIpc) is 2.02. The maximum absolute atomic E-state index is 11.4. The van der Waals surface area contributed by atoms with Crippen LogP contribution in [-0.4, -0.2) is 29.4 Å². The van der Waals surface area contributed by atoms with E-state index in [1.54, 1.807) is 13.8 Å². The molecule has 0 bridgehead atoms. The molecular weight excluding hydrogens is 195 g/mol. The quantitative estimate of drug-likeness (QED) is 0.416. The molecule has 0 fully saturated rings. The molecule has 80 valence electrons. The molecule has 0 saturated heterocycles. The summed E-state index contributed by atoms with van der Waals surface area (Å²) in [5.74, 6) is 9.71. The van der Waals surface area contributed by atoms with Gasteiger partial charge in [0.2, 0.25) is 7.37 Å². The molecule has 5 N–H and O–H groups in total. The van der Waals surface area contributed by atoms with Gasteiger partial charge in [0.1, 0.15) is 0 Å². The maximum Gasteiger partial charge on any atom is 0.205 e. The van der Waals surface area contributed by atoms with Gasteiger partial charge in [-0.05, 0) is 13.8 Å². The van der Waals surface area contributed by atoms with Crippen LogP contribution in [0.15, 0.2) is 0 Å². The smallest absolute Gasteiger partial charge is 0.205 e. The molecule has 0 spiro atoms. The van der Waals surface area contributed by atoms with Crippen molar-refractivity contribution in [3.63, 3.8) is 0 Å². The maximum atomic E-state index is 11.4. The standard InChI is InChI=1S/C6H17N2O4P/c1-5(11-7)3-13(9,10)4-6(2)12-8/h5-6H,3-4,7-8H2,1-2H3,(H,9,10). The lowest BCUT2D eigenvalue weighted by Gasteiger charge is -2.17. The van der Waals surface area contributed by atoms with Crippen molar-refractivity contribution < 1.29 is 19.1 Å². The summed E-state index contributed by atoms with van der Waals surface area (Å²) in [4.78, 5) is 18.2. The minimum atomic E-state index is -3.25. The van der Waals surface area contributed by atoms with E-state index in [1.807, 2.05) is 0 Å². The Bertz CT molecular complexity index is 173. The fourth-order valence-corrected chi connectivity index (χ4v) is 2.89. The molecule has 0 aromatic carbocycles. The monoisotopic (exact) mass is 212 g/mol. The molecular formula is C6H17N2O4P. The van der Waals surface area contributed by atoms with E-state index < -0.39 is 19.6 Å². The van der Waals surface area contributed by atoms with Crippen LogP contribution in [0.1, 0.15) is 13.8 Å². The van der Waals surface area contributed by atoms with E-state index >= 15 is 0 Å². The summed E-state index contributed by atoms with van der Waals surface area (Å²) in [6.45, 7) is 3.24. The van der Waals surface area contributed by atoms with Gasteiger partial charge in [-0.2, -0.15) is 0 Å². The van der Waals surface area contributed by atoms with Crippen LogP contribution in [0.25, 0.3) is 0 Å². The second kappa shape index (κ2) is 5.70. The number of hydrogen-bond acceptors (Lipinski definition) is 5. The summed E-state index contributed by atoms with van der Waals surface area (Å²) in [5, 5.41) is 0. The summed E-state index contributed by atoms with van der Waals surface area (Å²) in [6, 6.07) is 0. The minimum absolute atomic E-state index is 0.0111. The fourth-order valence-electron chi connectivity index (χ4n) is 0.964. The Balaban J connectivity index is 4.00. The largest absolute Gasteiger partial charge is 0.344 e. The first-order valence-electron chi connectivity index (χ1n) is 3.93. The average molecular weight is 212 g/mol. The number of rotatable bonds is 6. The van der Waals surface area contributed by atoms with Crippen LogP contribution in [0.3, 0.4) is 0 Å². The zero-order valence-electron chi connectivity index (χ0n) is 7.84. The molecule has 2 atom stereocenters. The first kappa shape index (κ1) is 13.0. The van der Waals surface area contributed by atoms with Crippen LogP contribution in [0.2, 0.25) is 0 Å². The van der Waals surface area contributed by atoms with Crippen LogP contribution in [0, 0.1) is 0 Å². The second-order valence-electron chi connectivity index (χ2n) is 3.10. The van der Waals surface area contributed by atoms with Gasteiger partial charge in [-0.15, -0.1) is 0 Å². The first-order valence-corrected chi connectivity index (χ1v) is 5.96. The molecule has 13 heavy (non-hydrogen) atoms. The van der Waals surface area contributed by atoms with Crippen molar-refractivity contribution >= 4 is 7.37 Å². The summed E-state index contributed by atoms with van der Waals surface area (Å²) in [7, 11) is -3.25. The number of nitrogens with two attached hydrogens (primary N) is 2. The molecule has 0 rings (SSSR count). The van der Waals surface area contributed by atoms with Gasteiger partial charge in [-0.1, -0.05) is 0 Å². The summed E-state index contributed by atoms with van der Waals surface area (Å²) >= 11 is 0. The van der Waals surface area contributed by atoms with Crippen molar-refractivity contribution in [1.29, 1.82) is 0 Å². The van der Waals surface area contributed by atoms with E-state index in [2.05, 4.69) is 9.68 Å². The zero-order valence-corrected chi connectivity index (χ0v) is 8.74. The third-order valence-electron chi connectivity index (χ3n) is 1.55.